The first-order valence-electron chi connectivity index (χ1n) is 6.32. The zero-order chi connectivity index (χ0) is 14.2. The summed E-state index contributed by atoms with van der Waals surface area (Å²) in [6.07, 6.45) is 5.99. The molecule has 2 aromatic rings. The summed E-state index contributed by atoms with van der Waals surface area (Å²) in [5.41, 5.74) is 0.767. The number of benzene rings is 1. The Kier molecular flexibility index (Phi) is 3.21. The molecule has 104 valence electrons. The van der Waals surface area contributed by atoms with Crippen molar-refractivity contribution in [2.45, 2.75) is 17.6 Å². The van der Waals surface area contributed by atoms with Crippen molar-refractivity contribution in [2.75, 3.05) is 18.1 Å². The molecule has 6 nitrogen and oxygen atoms in total. The second kappa shape index (κ2) is 4.90. The van der Waals surface area contributed by atoms with Crippen molar-refractivity contribution >= 4 is 34.2 Å². The van der Waals surface area contributed by atoms with Gasteiger partial charge in [0.2, 0.25) is 0 Å². The van der Waals surface area contributed by atoms with Crippen molar-refractivity contribution in [1.29, 1.82) is 0 Å². The monoisotopic (exact) mass is 290 g/mol. The Morgan fingerprint density at radius 2 is 2.25 bits per heavy atom. The third-order valence-corrected chi connectivity index (χ3v) is 5.07. The highest BCUT2D eigenvalue weighted by Gasteiger charge is 2.41. The van der Waals surface area contributed by atoms with Gasteiger partial charge in [-0.3, -0.25) is 10.1 Å². The van der Waals surface area contributed by atoms with Crippen molar-refractivity contribution in [3.8, 4) is 0 Å². The van der Waals surface area contributed by atoms with E-state index in [4.69, 9.17) is 0 Å². The van der Waals surface area contributed by atoms with Gasteiger partial charge in [-0.1, -0.05) is 0 Å². The quantitative estimate of drug-likeness (QED) is 0.673. The second-order valence-electron chi connectivity index (χ2n) is 4.92. The number of non-ortho nitro benzene ring substituents is 1. The summed E-state index contributed by atoms with van der Waals surface area (Å²) in [6.45, 7) is 0.822. The van der Waals surface area contributed by atoms with Crippen LogP contribution in [0.5, 0.6) is 0 Å². The van der Waals surface area contributed by atoms with E-state index in [0.717, 1.165) is 6.54 Å². The van der Waals surface area contributed by atoms with E-state index in [1.54, 1.807) is 6.07 Å². The van der Waals surface area contributed by atoms with Crippen LogP contribution < -0.4 is 5.32 Å². The minimum absolute atomic E-state index is 0.0568. The van der Waals surface area contributed by atoms with Crippen molar-refractivity contribution in [2.24, 2.45) is 0 Å². The van der Waals surface area contributed by atoms with Crippen LogP contribution in [0.25, 0.3) is 10.9 Å². The van der Waals surface area contributed by atoms with Crippen LogP contribution in [0.15, 0.2) is 24.5 Å². The van der Waals surface area contributed by atoms with Gasteiger partial charge in [0.25, 0.3) is 5.69 Å². The van der Waals surface area contributed by atoms with E-state index < -0.39 is 4.92 Å². The number of nitro groups is 1. The van der Waals surface area contributed by atoms with Gasteiger partial charge in [-0.15, -0.1) is 0 Å². The third-order valence-electron chi connectivity index (χ3n) is 3.65. The molecule has 7 heteroatoms. The van der Waals surface area contributed by atoms with Crippen LogP contribution >= 0.6 is 11.8 Å². The van der Waals surface area contributed by atoms with Crippen molar-refractivity contribution in [1.82, 2.24) is 9.97 Å². The molecule has 1 aliphatic carbocycles. The lowest BCUT2D eigenvalue weighted by Gasteiger charge is -2.14. The number of aromatic nitrogens is 2. The molecule has 20 heavy (non-hydrogen) atoms. The van der Waals surface area contributed by atoms with E-state index in [1.807, 2.05) is 11.8 Å². The summed E-state index contributed by atoms with van der Waals surface area (Å²) >= 11 is 1.86. The van der Waals surface area contributed by atoms with Crippen LogP contribution in [0.3, 0.4) is 0 Å². The standard InChI is InChI=1S/C13H14N4O2S/c1-20-13(4-5-13)7-14-12-10-6-9(17(18)19)2-3-11(10)15-8-16-12/h2-3,6,8H,4-5,7H2,1H3,(H,14,15,16). The van der Waals surface area contributed by atoms with E-state index in [-0.39, 0.29) is 5.69 Å². The highest BCUT2D eigenvalue weighted by molar-refractivity contribution is 8.00. The lowest BCUT2D eigenvalue weighted by Crippen LogP contribution is -2.18. The average molecular weight is 290 g/mol. The van der Waals surface area contributed by atoms with Crippen molar-refractivity contribution < 1.29 is 4.92 Å². The molecule has 0 bridgehead atoms. The minimum Gasteiger partial charge on any atom is -0.368 e. The number of fused-ring (bicyclic) bond motifs is 1. The molecule has 0 aliphatic heterocycles. The Labute approximate surface area is 120 Å². The summed E-state index contributed by atoms with van der Waals surface area (Å²) in [5, 5.41) is 14.9. The molecule has 1 saturated carbocycles. The Morgan fingerprint density at radius 1 is 1.45 bits per heavy atom. The number of nitro benzene ring substituents is 1. The maximum Gasteiger partial charge on any atom is 0.270 e. The van der Waals surface area contributed by atoms with E-state index in [0.29, 0.717) is 21.5 Å². The van der Waals surface area contributed by atoms with Crippen molar-refractivity contribution in [3.63, 3.8) is 0 Å². The number of anilines is 1. The largest absolute Gasteiger partial charge is 0.368 e. The number of nitrogens with zero attached hydrogens (tertiary/aromatic N) is 3. The van der Waals surface area contributed by atoms with Crippen molar-refractivity contribution in [3.05, 3.63) is 34.6 Å². The first-order valence-corrected chi connectivity index (χ1v) is 7.54. The van der Waals surface area contributed by atoms with Gasteiger partial charge in [0.15, 0.2) is 0 Å². The SMILES string of the molecule is CSC1(CNc2ncnc3ccc([N+](=O)[O-])cc23)CC1. The molecule has 1 aromatic heterocycles. The predicted molar refractivity (Wildman–Crippen MR) is 80.2 cm³/mol. The molecule has 0 spiro atoms. The summed E-state index contributed by atoms with van der Waals surface area (Å²) in [7, 11) is 0. The lowest BCUT2D eigenvalue weighted by atomic mass is 10.2. The molecule has 0 saturated heterocycles. The predicted octanol–water partition coefficient (Wildman–Crippen LogP) is 2.85. The third kappa shape index (κ3) is 2.40. The van der Waals surface area contributed by atoms with Crippen LogP contribution in [0.2, 0.25) is 0 Å². The Bertz CT molecular complexity index is 672. The van der Waals surface area contributed by atoms with E-state index in [9.17, 15) is 10.1 Å². The molecule has 1 N–H and O–H groups in total. The Balaban J connectivity index is 1.93. The van der Waals surface area contributed by atoms with E-state index in [1.165, 1.54) is 31.3 Å². The normalized spacial score (nSPS) is 16.1. The van der Waals surface area contributed by atoms with Gasteiger partial charge in [0, 0.05) is 28.8 Å². The summed E-state index contributed by atoms with van der Waals surface area (Å²) in [4.78, 5) is 18.8. The smallest absolute Gasteiger partial charge is 0.270 e. The molecule has 0 unspecified atom stereocenters. The molecular formula is C13H14N4O2S. The van der Waals surface area contributed by atoms with Gasteiger partial charge >= 0.3 is 0 Å². The maximum atomic E-state index is 10.9. The van der Waals surface area contributed by atoms with Gasteiger partial charge in [-0.25, -0.2) is 9.97 Å². The highest BCUT2D eigenvalue weighted by Crippen LogP contribution is 2.47. The lowest BCUT2D eigenvalue weighted by molar-refractivity contribution is -0.384. The van der Waals surface area contributed by atoms with Gasteiger partial charge in [0.05, 0.1) is 10.4 Å². The zero-order valence-corrected chi connectivity index (χ0v) is 11.8. The molecule has 0 atom stereocenters. The molecule has 0 radical (unpaired) electrons. The Hall–Kier alpha value is -1.89. The molecule has 1 aliphatic rings. The van der Waals surface area contributed by atoms with Gasteiger partial charge in [-0.05, 0) is 25.2 Å². The molecule has 1 heterocycles. The first-order chi connectivity index (χ1) is 9.63. The fourth-order valence-corrected chi connectivity index (χ4v) is 2.86. The van der Waals surface area contributed by atoms with Crippen LogP contribution in [0, 0.1) is 10.1 Å². The van der Waals surface area contributed by atoms with Crippen LogP contribution in [-0.4, -0.2) is 32.4 Å². The molecule has 3 rings (SSSR count). The Morgan fingerprint density at radius 3 is 2.90 bits per heavy atom. The number of hydrogen-bond donors (Lipinski definition) is 1. The van der Waals surface area contributed by atoms with Crippen LogP contribution in [0.1, 0.15) is 12.8 Å². The summed E-state index contributed by atoms with van der Waals surface area (Å²) < 4.78 is 0.304. The number of thioether (sulfide) groups is 1. The molecule has 1 fully saturated rings. The second-order valence-corrected chi connectivity index (χ2v) is 6.20. The fourth-order valence-electron chi connectivity index (χ4n) is 2.14. The summed E-state index contributed by atoms with van der Waals surface area (Å²) in [5.74, 6) is 0.666. The number of hydrogen-bond acceptors (Lipinski definition) is 6. The first kappa shape index (κ1) is 13.1. The van der Waals surface area contributed by atoms with E-state index in [2.05, 4.69) is 21.5 Å². The van der Waals surface area contributed by atoms with Gasteiger partial charge < -0.3 is 5.32 Å². The minimum atomic E-state index is -0.402. The molecular weight excluding hydrogens is 276 g/mol. The average Bonchev–Trinajstić information content (AvgIpc) is 3.25. The van der Waals surface area contributed by atoms with Crippen LogP contribution in [-0.2, 0) is 0 Å². The van der Waals surface area contributed by atoms with Gasteiger partial charge in [-0.2, -0.15) is 11.8 Å². The fraction of sp³-hybridized carbons (Fsp3) is 0.385. The number of nitrogens with one attached hydrogen (secondary N) is 1. The molecule has 1 aromatic carbocycles. The maximum absolute atomic E-state index is 10.9. The number of rotatable bonds is 5. The highest BCUT2D eigenvalue weighted by atomic mass is 32.2. The zero-order valence-electron chi connectivity index (χ0n) is 11.0. The summed E-state index contributed by atoms with van der Waals surface area (Å²) in [6, 6.07) is 4.64. The molecule has 0 amide bonds. The van der Waals surface area contributed by atoms with Crippen LogP contribution in [0.4, 0.5) is 11.5 Å². The topological polar surface area (TPSA) is 81.0 Å². The van der Waals surface area contributed by atoms with E-state index >= 15 is 0 Å². The van der Waals surface area contributed by atoms with Gasteiger partial charge in [0.1, 0.15) is 12.1 Å².